The van der Waals surface area contributed by atoms with Crippen LogP contribution in [0.3, 0.4) is 0 Å². The van der Waals surface area contributed by atoms with Crippen LogP contribution in [0.25, 0.3) is 55.3 Å². The Morgan fingerprint density at radius 1 is 0.412 bits per heavy atom. The molecule has 0 unspecified atom stereocenters. The lowest BCUT2D eigenvalue weighted by Gasteiger charge is -2.21. The van der Waals surface area contributed by atoms with Crippen LogP contribution in [0.2, 0.25) is 0 Å². The molecule has 0 saturated carbocycles. The molecule has 0 atom stereocenters. The topological polar surface area (TPSA) is 32.1 Å². The third-order valence-corrected chi connectivity index (χ3v) is 10.2. The maximum atomic E-state index is 6.53. The molecule has 0 spiro atoms. The fourth-order valence-electron chi connectivity index (χ4n) is 7.85. The Labute approximate surface area is 296 Å². The molecule has 8 aromatic rings. The van der Waals surface area contributed by atoms with Crippen LogP contribution in [0.1, 0.15) is 0 Å². The molecule has 0 radical (unpaired) electrons. The van der Waals surface area contributed by atoms with Gasteiger partial charge in [-0.3, -0.25) is 9.13 Å². The van der Waals surface area contributed by atoms with Gasteiger partial charge >= 0.3 is 0 Å². The summed E-state index contributed by atoms with van der Waals surface area (Å²) in [6.45, 7) is 1.47. The number of hydrogen-bond donors (Lipinski definition) is 0. The minimum absolute atomic E-state index is 0.734. The molecule has 4 heterocycles. The van der Waals surface area contributed by atoms with Crippen LogP contribution in [0, 0.1) is 0 Å². The van der Waals surface area contributed by atoms with E-state index in [0.717, 1.165) is 47.9 Å². The van der Waals surface area contributed by atoms with Gasteiger partial charge in [-0.2, -0.15) is 0 Å². The van der Waals surface area contributed by atoms with E-state index < -0.39 is 0 Å². The lowest BCUT2D eigenvalue weighted by molar-refractivity contribution is 0.479. The Morgan fingerprint density at radius 3 is 1.14 bits per heavy atom. The van der Waals surface area contributed by atoms with Crippen LogP contribution in [-0.4, -0.2) is 46.4 Å². The molecule has 0 saturated heterocycles. The van der Waals surface area contributed by atoms with Crippen LogP contribution in [0.5, 0.6) is 11.5 Å². The van der Waals surface area contributed by atoms with E-state index in [2.05, 4.69) is 189 Å². The first-order valence-electron chi connectivity index (χ1n) is 17.3. The lowest BCUT2D eigenvalue weighted by Crippen LogP contribution is -2.24. The molecule has 0 fully saturated rings. The monoisotopic (exact) mass is 664 g/mol. The molecule has 0 bridgehead atoms. The van der Waals surface area contributed by atoms with Gasteiger partial charge in [0.05, 0.1) is 35.4 Å². The Bertz CT molecular complexity index is 2410. The van der Waals surface area contributed by atoms with Crippen molar-refractivity contribution in [1.82, 2.24) is 18.9 Å². The molecule has 0 aliphatic carbocycles. The number of hydrogen-bond acceptors (Lipinski definition) is 5. The highest BCUT2D eigenvalue weighted by Crippen LogP contribution is 2.38. The average molecular weight is 665 g/mol. The summed E-state index contributed by atoms with van der Waals surface area (Å²) >= 11 is 0. The van der Waals surface area contributed by atoms with Gasteiger partial charge in [-0.05, 0) is 48.5 Å². The van der Waals surface area contributed by atoms with Gasteiger partial charge < -0.3 is 24.3 Å². The van der Waals surface area contributed by atoms with Crippen molar-refractivity contribution in [3.63, 3.8) is 0 Å². The summed E-state index contributed by atoms with van der Waals surface area (Å²) < 4.78 is 11.3. The van der Waals surface area contributed by atoms with Gasteiger partial charge in [0, 0.05) is 71.5 Å². The number of fused-ring (bicyclic) bond motifs is 6. The van der Waals surface area contributed by atoms with Gasteiger partial charge in [0.15, 0.2) is 0 Å². The molecule has 51 heavy (non-hydrogen) atoms. The lowest BCUT2D eigenvalue weighted by atomic mass is 10.2. The summed E-state index contributed by atoms with van der Waals surface area (Å²) in [5.41, 5.74) is 6.97. The fraction of sp³-hybridized carbons (Fsp3) is 0.0909. The molecule has 2 aliphatic rings. The van der Waals surface area contributed by atoms with E-state index in [1.807, 2.05) is 12.1 Å². The van der Waals surface area contributed by atoms with Crippen LogP contribution >= 0.6 is 0 Å². The minimum atomic E-state index is 0.734. The fourth-order valence-corrected chi connectivity index (χ4v) is 7.85. The summed E-state index contributed by atoms with van der Waals surface area (Å²) in [7, 11) is 4.30. The third-order valence-electron chi connectivity index (χ3n) is 10.2. The zero-order valence-corrected chi connectivity index (χ0v) is 28.5. The first kappa shape index (κ1) is 29.3. The normalized spacial score (nSPS) is 14.8. The van der Waals surface area contributed by atoms with Gasteiger partial charge in [0.2, 0.25) is 0 Å². The number of nitrogens with zero attached hydrogens (tertiary/aromatic N) is 6. The average Bonchev–Trinajstić information content (AvgIpc) is 3.92. The zero-order valence-electron chi connectivity index (χ0n) is 28.5. The van der Waals surface area contributed by atoms with Crippen molar-refractivity contribution in [2.75, 3.05) is 37.2 Å². The third kappa shape index (κ3) is 4.73. The molecular formula is C44H36N6O. The number of rotatable bonds is 6. The first-order valence-corrected chi connectivity index (χ1v) is 17.3. The van der Waals surface area contributed by atoms with Gasteiger partial charge in [-0.25, -0.2) is 0 Å². The largest absolute Gasteiger partial charge is 0.457 e. The van der Waals surface area contributed by atoms with Gasteiger partial charge in [-0.15, -0.1) is 0 Å². The van der Waals surface area contributed by atoms with Crippen molar-refractivity contribution in [3.05, 3.63) is 158 Å². The minimum Gasteiger partial charge on any atom is -0.457 e. The van der Waals surface area contributed by atoms with Crippen molar-refractivity contribution in [2.45, 2.75) is 0 Å². The molecule has 7 heteroatoms. The molecule has 6 aromatic carbocycles. The van der Waals surface area contributed by atoms with Crippen LogP contribution in [0.4, 0.5) is 11.4 Å². The van der Waals surface area contributed by atoms with Gasteiger partial charge in [0.1, 0.15) is 23.1 Å². The van der Waals surface area contributed by atoms with E-state index in [1.54, 1.807) is 0 Å². The van der Waals surface area contributed by atoms with Crippen molar-refractivity contribution >= 4 is 66.6 Å². The molecule has 7 nitrogen and oxygen atoms in total. The predicted octanol–water partition coefficient (Wildman–Crippen LogP) is 10.0. The summed E-state index contributed by atoms with van der Waals surface area (Å²) in [6.07, 6.45) is 4.48. The maximum Gasteiger partial charge on any atom is 0.131 e. The summed E-state index contributed by atoms with van der Waals surface area (Å²) in [5, 5.41) is 5.05. The van der Waals surface area contributed by atoms with Gasteiger partial charge in [-0.1, -0.05) is 84.9 Å². The second-order valence-electron chi connectivity index (χ2n) is 13.4. The highest BCUT2D eigenvalue weighted by atomic mass is 16.5. The number of para-hydroxylation sites is 4. The van der Waals surface area contributed by atoms with E-state index >= 15 is 0 Å². The molecule has 0 N–H and O–H groups in total. The van der Waals surface area contributed by atoms with Crippen molar-refractivity contribution in [3.8, 4) is 11.5 Å². The van der Waals surface area contributed by atoms with E-state index in [9.17, 15) is 0 Å². The number of anilines is 2. The number of aromatic nitrogens is 2. The summed E-state index contributed by atoms with van der Waals surface area (Å²) in [4.78, 5) is 9.15. The summed E-state index contributed by atoms with van der Waals surface area (Å²) in [6, 6.07) is 51.3. The number of ether oxygens (including phenoxy) is 1. The Hall–Kier alpha value is -6.60. The smallest absolute Gasteiger partial charge is 0.131 e. The molecule has 248 valence electrons. The summed E-state index contributed by atoms with van der Waals surface area (Å²) in [5.74, 6) is 3.86. The van der Waals surface area contributed by atoms with Gasteiger partial charge in [0.25, 0.3) is 0 Å². The van der Waals surface area contributed by atoms with E-state index in [0.29, 0.717) is 0 Å². The van der Waals surface area contributed by atoms with Crippen molar-refractivity contribution < 1.29 is 4.74 Å². The van der Waals surface area contributed by atoms with E-state index in [4.69, 9.17) is 4.74 Å². The van der Waals surface area contributed by atoms with Crippen LogP contribution in [0.15, 0.2) is 158 Å². The molecular weight excluding hydrogens is 629 g/mol. The standard InChI is InChI=1S/C44H36N6O/c1-45-29-47(27-43(45)49-39-21-7-3-17-35(39)36-18-4-8-22-40(36)49)31-13-11-15-33(25-31)51-34-16-12-14-32(26-34)48-28-44(46(2)30-48)50-41-23-9-5-19-37(41)38-20-6-10-24-42(38)50/h3-28H,29-30H2,1-2H3. The Morgan fingerprint density at radius 2 is 0.765 bits per heavy atom. The molecule has 2 aromatic heterocycles. The van der Waals surface area contributed by atoms with Crippen molar-refractivity contribution in [2.24, 2.45) is 0 Å². The van der Waals surface area contributed by atoms with Crippen molar-refractivity contribution in [1.29, 1.82) is 0 Å². The highest BCUT2D eigenvalue weighted by molar-refractivity contribution is 6.11. The quantitative estimate of drug-likeness (QED) is 0.177. The van der Waals surface area contributed by atoms with E-state index in [-0.39, 0.29) is 0 Å². The zero-order chi connectivity index (χ0) is 34.1. The molecule has 10 rings (SSSR count). The molecule has 0 amide bonds. The second kappa shape index (κ2) is 11.5. The maximum absolute atomic E-state index is 6.53. The highest BCUT2D eigenvalue weighted by Gasteiger charge is 2.25. The van der Waals surface area contributed by atoms with Crippen LogP contribution in [-0.2, 0) is 0 Å². The van der Waals surface area contributed by atoms with Crippen LogP contribution < -0.4 is 14.5 Å². The molecule has 2 aliphatic heterocycles. The Kier molecular flexibility index (Phi) is 6.61. The second-order valence-corrected chi connectivity index (χ2v) is 13.4. The SMILES string of the molecule is CN1CN(c2cccc(Oc3cccc(N4C=C(n5c6ccccc6c6ccccc65)N(C)C4)c3)c2)C=C1n1c2ccccc2c2ccccc21. The predicted molar refractivity (Wildman–Crippen MR) is 211 cm³/mol. The first-order chi connectivity index (χ1) is 25.1. The van der Waals surface area contributed by atoms with E-state index in [1.165, 1.54) is 43.6 Å². The Balaban J connectivity index is 0.937. The number of benzene rings is 6.